The lowest BCUT2D eigenvalue weighted by Crippen LogP contribution is -2.44. The topological polar surface area (TPSA) is 113 Å². The van der Waals surface area contributed by atoms with Crippen molar-refractivity contribution in [2.45, 2.75) is 12.5 Å². The van der Waals surface area contributed by atoms with E-state index in [1.54, 1.807) is 36.0 Å². The normalized spacial score (nSPS) is 11.5. The van der Waals surface area contributed by atoms with Gasteiger partial charge in [-0.1, -0.05) is 42.5 Å². The van der Waals surface area contributed by atoms with E-state index >= 15 is 0 Å². The first kappa shape index (κ1) is 20.9. The summed E-state index contributed by atoms with van der Waals surface area (Å²) in [5.74, 6) is -1.79. The zero-order chi connectivity index (χ0) is 21.5. The van der Waals surface area contributed by atoms with Crippen LogP contribution in [-0.2, 0) is 23.1 Å². The van der Waals surface area contributed by atoms with Crippen molar-refractivity contribution in [2.75, 3.05) is 11.9 Å². The van der Waals surface area contributed by atoms with Crippen LogP contribution in [-0.4, -0.2) is 44.9 Å². The van der Waals surface area contributed by atoms with Gasteiger partial charge in [-0.2, -0.15) is 0 Å². The number of aromatic nitrogens is 2. The fourth-order valence-corrected chi connectivity index (χ4v) is 2.95. The highest BCUT2D eigenvalue weighted by molar-refractivity contribution is 6.39. The summed E-state index contributed by atoms with van der Waals surface area (Å²) >= 11 is 0. The van der Waals surface area contributed by atoms with Crippen molar-refractivity contribution in [2.24, 2.45) is 7.05 Å². The first-order valence-corrected chi connectivity index (χ1v) is 9.36. The number of carbonyl (C=O) groups is 3. The van der Waals surface area contributed by atoms with Crippen molar-refractivity contribution in [3.05, 3.63) is 83.9 Å². The molecule has 3 rings (SSSR count). The van der Waals surface area contributed by atoms with Crippen molar-refractivity contribution in [3.63, 3.8) is 0 Å². The number of hydrogen-bond donors (Lipinski definition) is 3. The van der Waals surface area contributed by atoms with E-state index in [4.69, 9.17) is 0 Å². The molecule has 154 valence electrons. The van der Waals surface area contributed by atoms with Gasteiger partial charge in [-0.05, 0) is 24.1 Å². The number of aliphatic hydroxyl groups excluding tert-OH is 1. The molecule has 0 radical (unpaired) electrons. The van der Waals surface area contributed by atoms with Crippen LogP contribution in [0.1, 0.15) is 21.7 Å². The molecule has 3 N–H and O–H groups in total. The lowest BCUT2D eigenvalue weighted by Gasteiger charge is -2.16. The molecule has 3 aromatic rings. The SMILES string of the molecule is Cn1ccnc1C(=O)c1cccc(NC(=O)C(=O)N[C@@H](CO)Cc2ccccc2)c1. The zero-order valence-electron chi connectivity index (χ0n) is 16.4. The van der Waals surface area contributed by atoms with E-state index < -0.39 is 17.9 Å². The first-order chi connectivity index (χ1) is 14.5. The number of nitrogens with zero attached hydrogens (tertiary/aromatic N) is 2. The highest BCUT2D eigenvalue weighted by atomic mass is 16.3. The molecule has 0 aliphatic rings. The van der Waals surface area contributed by atoms with Gasteiger partial charge in [0, 0.05) is 30.7 Å². The van der Waals surface area contributed by atoms with Crippen LogP contribution in [0, 0.1) is 0 Å². The molecule has 0 bridgehead atoms. The van der Waals surface area contributed by atoms with Crippen LogP contribution in [0.3, 0.4) is 0 Å². The number of anilines is 1. The number of hydrogen-bond acceptors (Lipinski definition) is 5. The Morgan fingerprint density at radius 1 is 1.07 bits per heavy atom. The maximum atomic E-state index is 12.6. The van der Waals surface area contributed by atoms with Gasteiger partial charge in [0.25, 0.3) is 0 Å². The van der Waals surface area contributed by atoms with Crippen LogP contribution in [0.4, 0.5) is 5.69 Å². The summed E-state index contributed by atoms with van der Waals surface area (Å²) in [5, 5.41) is 14.5. The van der Waals surface area contributed by atoms with Gasteiger partial charge < -0.3 is 20.3 Å². The molecule has 8 heteroatoms. The lowest BCUT2D eigenvalue weighted by molar-refractivity contribution is -0.136. The monoisotopic (exact) mass is 406 g/mol. The number of carbonyl (C=O) groups excluding carboxylic acids is 3. The predicted molar refractivity (Wildman–Crippen MR) is 111 cm³/mol. The maximum Gasteiger partial charge on any atom is 0.313 e. The predicted octanol–water partition coefficient (Wildman–Crippen LogP) is 1.31. The Kier molecular flexibility index (Phi) is 6.71. The summed E-state index contributed by atoms with van der Waals surface area (Å²) in [6.45, 7) is -0.304. The van der Waals surface area contributed by atoms with E-state index in [1.165, 1.54) is 12.3 Å². The molecule has 0 aliphatic heterocycles. The number of aryl methyl sites for hydroxylation is 1. The fraction of sp³-hybridized carbons (Fsp3) is 0.182. The van der Waals surface area contributed by atoms with Crippen molar-refractivity contribution < 1.29 is 19.5 Å². The van der Waals surface area contributed by atoms with E-state index in [0.717, 1.165) is 5.56 Å². The minimum atomic E-state index is -0.886. The summed E-state index contributed by atoms with van der Waals surface area (Å²) in [5.41, 5.74) is 1.57. The third-order valence-electron chi connectivity index (χ3n) is 4.49. The third kappa shape index (κ3) is 5.18. The molecule has 1 heterocycles. The maximum absolute atomic E-state index is 12.6. The smallest absolute Gasteiger partial charge is 0.313 e. The number of ketones is 1. The van der Waals surface area contributed by atoms with Crippen LogP contribution in [0.15, 0.2) is 67.0 Å². The Bertz CT molecular complexity index is 1050. The highest BCUT2D eigenvalue weighted by Crippen LogP contribution is 2.14. The fourth-order valence-electron chi connectivity index (χ4n) is 2.95. The number of aliphatic hydroxyl groups is 1. The van der Waals surface area contributed by atoms with Crippen molar-refractivity contribution in [1.29, 1.82) is 0 Å². The Morgan fingerprint density at radius 2 is 1.83 bits per heavy atom. The Morgan fingerprint density at radius 3 is 2.50 bits per heavy atom. The number of nitrogens with one attached hydrogen (secondary N) is 2. The second-order valence-electron chi connectivity index (χ2n) is 6.77. The molecule has 0 spiro atoms. The minimum Gasteiger partial charge on any atom is -0.394 e. The molecule has 1 atom stereocenters. The van der Waals surface area contributed by atoms with E-state index in [0.29, 0.717) is 17.7 Å². The van der Waals surface area contributed by atoms with Gasteiger partial charge in [-0.25, -0.2) is 4.98 Å². The number of benzene rings is 2. The summed E-state index contributed by atoms with van der Waals surface area (Å²) in [4.78, 5) is 41.1. The summed E-state index contributed by atoms with van der Waals surface area (Å²) in [6.07, 6.45) is 3.58. The molecular weight excluding hydrogens is 384 g/mol. The number of amides is 2. The minimum absolute atomic E-state index is 0.267. The van der Waals surface area contributed by atoms with Crippen molar-refractivity contribution in [3.8, 4) is 0 Å². The summed E-state index contributed by atoms with van der Waals surface area (Å²) in [7, 11) is 1.71. The second-order valence-corrected chi connectivity index (χ2v) is 6.77. The van der Waals surface area contributed by atoms with Crippen LogP contribution in [0.25, 0.3) is 0 Å². The van der Waals surface area contributed by atoms with Crippen LogP contribution in [0.5, 0.6) is 0 Å². The Balaban J connectivity index is 1.63. The second kappa shape index (κ2) is 9.62. The quantitative estimate of drug-likeness (QED) is 0.404. The van der Waals surface area contributed by atoms with Gasteiger partial charge in [0.05, 0.1) is 12.6 Å². The van der Waals surface area contributed by atoms with Crippen LogP contribution < -0.4 is 10.6 Å². The van der Waals surface area contributed by atoms with Crippen molar-refractivity contribution in [1.82, 2.24) is 14.9 Å². The van der Waals surface area contributed by atoms with Gasteiger partial charge in [-0.15, -0.1) is 0 Å². The Labute approximate surface area is 173 Å². The number of imidazole rings is 1. The molecule has 30 heavy (non-hydrogen) atoms. The average molecular weight is 406 g/mol. The van der Waals surface area contributed by atoms with Gasteiger partial charge in [-0.3, -0.25) is 14.4 Å². The Hall–Kier alpha value is -3.78. The van der Waals surface area contributed by atoms with Crippen LogP contribution >= 0.6 is 0 Å². The largest absolute Gasteiger partial charge is 0.394 e. The molecule has 2 amide bonds. The zero-order valence-corrected chi connectivity index (χ0v) is 16.4. The summed E-state index contributed by atoms with van der Waals surface area (Å²) < 4.78 is 1.60. The number of rotatable bonds is 7. The molecule has 1 aromatic heterocycles. The lowest BCUT2D eigenvalue weighted by atomic mass is 10.1. The molecular formula is C22H22N4O4. The van der Waals surface area contributed by atoms with E-state index in [9.17, 15) is 19.5 Å². The highest BCUT2D eigenvalue weighted by Gasteiger charge is 2.20. The standard InChI is InChI=1S/C22H22N4O4/c1-26-11-10-23-20(26)19(28)16-8-5-9-17(13-16)24-21(29)22(30)25-18(14-27)12-15-6-3-2-4-7-15/h2-11,13,18,27H,12,14H2,1H3,(H,24,29)(H,25,30)/t18-/m1/s1. The van der Waals surface area contributed by atoms with Gasteiger partial charge in [0.15, 0.2) is 5.82 Å². The first-order valence-electron chi connectivity index (χ1n) is 9.36. The van der Waals surface area contributed by atoms with Crippen molar-refractivity contribution >= 4 is 23.3 Å². The molecule has 0 unspecified atom stereocenters. The molecule has 0 fully saturated rings. The molecule has 2 aromatic carbocycles. The summed E-state index contributed by atoms with van der Waals surface area (Å²) in [6, 6.07) is 15.0. The van der Waals surface area contributed by atoms with E-state index in [-0.39, 0.29) is 18.2 Å². The molecule has 0 aliphatic carbocycles. The molecule has 0 saturated carbocycles. The molecule has 0 saturated heterocycles. The average Bonchev–Trinajstić information content (AvgIpc) is 3.19. The van der Waals surface area contributed by atoms with E-state index in [2.05, 4.69) is 15.6 Å². The van der Waals surface area contributed by atoms with Crippen LogP contribution in [0.2, 0.25) is 0 Å². The molecule has 8 nitrogen and oxygen atoms in total. The van der Waals surface area contributed by atoms with Gasteiger partial charge in [0.2, 0.25) is 5.78 Å². The third-order valence-corrected chi connectivity index (χ3v) is 4.49. The van der Waals surface area contributed by atoms with Gasteiger partial charge in [0.1, 0.15) is 0 Å². The van der Waals surface area contributed by atoms with E-state index in [1.807, 2.05) is 30.3 Å². The van der Waals surface area contributed by atoms with Gasteiger partial charge >= 0.3 is 11.8 Å².